The molecule has 8 rings (SSSR count). The van der Waals surface area contributed by atoms with Gasteiger partial charge in [-0.2, -0.15) is 0 Å². The van der Waals surface area contributed by atoms with Crippen LogP contribution in [0.4, 0.5) is 0 Å². The van der Waals surface area contributed by atoms with E-state index in [1.54, 1.807) is 6.08 Å². The third-order valence-corrected chi connectivity index (χ3v) is 8.90. The summed E-state index contributed by atoms with van der Waals surface area (Å²) in [6.07, 6.45) is 11.5. The molecule has 0 unspecified atom stereocenters. The highest BCUT2D eigenvalue weighted by molar-refractivity contribution is 6.17. The van der Waals surface area contributed by atoms with E-state index in [2.05, 4.69) is 133 Å². The van der Waals surface area contributed by atoms with Crippen LogP contribution in [-0.2, 0) is 0 Å². The lowest BCUT2D eigenvalue weighted by molar-refractivity contribution is 1.07. The van der Waals surface area contributed by atoms with Gasteiger partial charge >= 0.3 is 0 Å². The molecule has 0 atom stereocenters. The van der Waals surface area contributed by atoms with Gasteiger partial charge in [0.25, 0.3) is 0 Å². The van der Waals surface area contributed by atoms with Crippen LogP contribution in [0.25, 0.3) is 83.2 Å². The Labute approximate surface area is 286 Å². The molecular weight excluding hydrogens is 595 g/mol. The van der Waals surface area contributed by atoms with Gasteiger partial charge in [0.2, 0.25) is 0 Å². The summed E-state index contributed by atoms with van der Waals surface area (Å²) in [6, 6.07) is 50.8. The third-order valence-electron chi connectivity index (χ3n) is 8.90. The molecule has 7 aromatic carbocycles. The fourth-order valence-corrected chi connectivity index (χ4v) is 6.52. The van der Waals surface area contributed by atoms with Crippen LogP contribution in [0.3, 0.4) is 0 Å². The standard InChI is InChI=1S/C46H31N3/c1-3-12-31(13-4-2)35-17-10-19-37(28-35)44-47-45(38-20-11-18-36(29-38)32-14-6-5-7-15-32)49-46(48-44)39-23-22-34-25-26-41-40-21-9-8-16-33(40)24-27-42(41)43(34)30-39/h1,4-30H,2H3/b13-4-,31-12+. The normalized spacial score (nSPS) is 11.8. The van der Waals surface area contributed by atoms with Gasteiger partial charge in [-0.05, 0) is 85.8 Å². The largest absolute Gasteiger partial charge is 0.208 e. The zero-order valence-corrected chi connectivity index (χ0v) is 27.0. The monoisotopic (exact) mass is 625 g/mol. The minimum Gasteiger partial charge on any atom is -0.208 e. The third kappa shape index (κ3) is 5.78. The summed E-state index contributed by atoms with van der Waals surface area (Å²) in [7, 11) is 0. The molecule has 0 amide bonds. The van der Waals surface area contributed by atoms with E-state index in [0.29, 0.717) is 17.5 Å². The summed E-state index contributed by atoms with van der Waals surface area (Å²) in [5.74, 6) is 4.49. The Kier molecular flexibility index (Phi) is 7.82. The van der Waals surface area contributed by atoms with Crippen LogP contribution < -0.4 is 0 Å². The Morgan fingerprint density at radius 3 is 1.80 bits per heavy atom. The van der Waals surface area contributed by atoms with Crippen LogP contribution in [0.5, 0.6) is 0 Å². The Morgan fingerprint density at radius 2 is 1.06 bits per heavy atom. The van der Waals surface area contributed by atoms with E-state index in [-0.39, 0.29) is 0 Å². The maximum absolute atomic E-state index is 5.68. The smallest absolute Gasteiger partial charge is 0.164 e. The molecule has 3 heteroatoms. The SMILES string of the molecule is C#C/C=C(\C=C/C)c1cccc(-c2nc(-c3cccc(-c4ccccc4)c3)nc(-c3ccc4ccc5c6ccccc6ccc5c4c3)n2)c1. The quantitative estimate of drug-likeness (QED) is 0.105. The van der Waals surface area contributed by atoms with Gasteiger partial charge in [-0.15, -0.1) is 6.42 Å². The van der Waals surface area contributed by atoms with Gasteiger partial charge in [-0.3, -0.25) is 0 Å². The molecule has 1 heterocycles. The summed E-state index contributed by atoms with van der Waals surface area (Å²) in [5.41, 5.74) is 6.91. The number of aromatic nitrogens is 3. The van der Waals surface area contributed by atoms with Gasteiger partial charge in [0, 0.05) is 16.7 Å². The van der Waals surface area contributed by atoms with Crippen molar-refractivity contribution in [2.75, 3.05) is 0 Å². The average molecular weight is 626 g/mol. The second-order valence-corrected chi connectivity index (χ2v) is 12.0. The first-order chi connectivity index (χ1) is 24.2. The highest BCUT2D eigenvalue weighted by Crippen LogP contribution is 2.35. The van der Waals surface area contributed by atoms with Crippen molar-refractivity contribution in [2.24, 2.45) is 0 Å². The van der Waals surface area contributed by atoms with Crippen molar-refractivity contribution in [1.29, 1.82) is 0 Å². The van der Waals surface area contributed by atoms with E-state index in [9.17, 15) is 0 Å². The van der Waals surface area contributed by atoms with Crippen molar-refractivity contribution in [3.8, 4) is 57.6 Å². The molecule has 3 nitrogen and oxygen atoms in total. The molecule has 8 aromatic rings. The van der Waals surface area contributed by atoms with Gasteiger partial charge in [0.15, 0.2) is 17.5 Å². The highest BCUT2D eigenvalue weighted by atomic mass is 15.0. The second-order valence-electron chi connectivity index (χ2n) is 12.0. The highest BCUT2D eigenvalue weighted by Gasteiger charge is 2.15. The second kappa shape index (κ2) is 12.9. The number of benzene rings is 7. The molecule has 0 fully saturated rings. The summed E-state index contributed by atoms with van der Waals surface area (Å²) in [6.45, 7) is 1.98. The summed E-state index contributed by atoms with van der Waals surface area (Å²) < 4.78 is 0. The first-order valence-electron chi connectivity index (χ1n) is 16.3. The topological polar surface area (TPSA) is 38.7 Å². The Morgan fingerprint density at radius 1 is 0.490 bits per heavy atom. The van der Waals surface area contributed by atoms with Gasteiger partial charge in [-0.25, -0.2) is 15.0 Å². The number of hydrogen-bond acceptors (Lipinski definition) is 3. The van der Waals surface area contributed by atoms with E-state index >= 15 is 0 Å². The molecule has 0 radical (unpaired) electrons. The molecule has 1 aromatic heterocycles. The number of nitrogens with zero attached hydrogens (tertiary/aromatic N) is 3. The maximum Gasteiger partial charge on any atom is 0.164 e. The van der Waals surface area contributed by atoms with E-state index < -0.39 is 0 Å². The maximum atomic E-state index is 5.68. The number of hydrogen-bond donors (Lipinski definition) is 0. The molecule has 0 aliphatic rings. The molecule has 49 heavy (non-hydrogen) atoms. The molecule has 0 saturated carbocycles. The van der Waals surface area contributed by atoms with Crippen LogP contribution in [0.1, 0.15) is 12.5 Å². The van der Waals surface area contributed by atoms with Crippen molar-refractivity contribution in [2.45, 2.75) is 6.92 Å². The molecule has 0 saturated heterocycles. The number of terminal acetylenes is 1. The van der Waals surface area contributed by atoms with Crippen LogP contribution in [0.15, 0.2) is 164 Å². The zero-order chi connectivity index (χ0) is 33.2. The molecule has 0 N–H and O–H groups in total. The lowest BCUT2D eigenvalue weighted by Crippen LogP contribution is -2.00. The fourth-order valence-electron chi connectivity index (χ4n) is 6.52. The number of allylic oxidation sites excluding steroid dienone is 4. The summed E-state index contributed by atoms with van der Waals surface area (Å²) in [4.78, 5) is 15.3. The summed E-state index contributed by atoms with van der Waals surface area (Å²) in [5, 5.41) is 7.23. The Bertz CT molecular complexity index is 2620. The lowest BCUT2D eigenvalue weighted by Gasteiger charge is -2.12. The Hall–Kier alpha value is -6.63. The zero-order valence-electron chi connectivity index (χ0n) is 27.0. The molecule has 0 spiro atoms. The average Bonchev–Trinajstić information content (AvgIpc) is 3.17. The van der Waals surface area contributed by atoms with Crippen LogP contribution in [0, 0.1) is 12.3 Å². The van der Waals surface area contributed by atoms with Gasteiger partial charge in [0.05, 0.1) is 0 Å². The molecule has 0 aliphatic carbocycles. The van der Waals surface area contributed by atoms with Crippen molar-refractivity contribution >= 4 is 37.9 Å². The first-order valence-corrected chi connectivity index (χ1v) is 16.3. The van der Waals surface area contributed by atoms with Gasteiger partial charge in [-0.1, -0.05) is 145 Å². The van der Waals surface area contributed by atoms with Gasteiger partial charge in [0.1, 0.15) is 0 Å². The van der Waals surface area contributed by atoms with Crippen molar-refractivity contribution in [1.82, 2.24) is 15.0 Å². The predicted octanol–water partition coefficient (Wildman–Crippen LogP) is 11.6. The van der Waals surface area contributed by atoms with Crippen LogP contribution in [-0.4, -0.2) is 15.0 Å². The predicted molar refractivity (Wildman–Crippen MR) is 206 cm³/mol. The van der Waals surface area contributed by atoms with Crippen molar-refractivity contribution in [3.05, 3.63) is 169 Å². The van der Waals surface area contributed by atoms with E-state index in [1.165, 1.54) is 26.9 Å². The molecule has 230 valence electrons. The summed E-state index contributed by atoms with van der Waals surface area (Å²) >= 11 is 0. The molecule has 0 bridgehead atoms. The number of fused-ring (bicyclic) bond motifs is 5. The van der Waals surface area contributed by atoms with Crippen LogP contribution in [0.2, 0.25) is 0 Å². The lowest BCUT2D eigenvalue weighted by atomic mass is 9.96. The van der Waals surface area contributed by atoms with E-state index in [4.69, 9.17) is 21.4 Å². The fraction of sp³-hybridized carbons (Fsp3) is 0.0217. The minimum atomic E-state index is 0.594. The molecular formula is C46H31N3. The van der Waals surface area contributed by atoms with E-state index in [0.717, 1.165) is 44.3 Å². The number of rotatable bonds is 6. The Balaban J connectivity index is 1.33. The first kappa shape index (κ1) is 29.8. The van der Waals surface area contributed by atoms with Crippen molar-refractivity contribution < 1.29 is 0 Å². The van der Waals surface area contributed by atoms with E-state index in [1.807, 2.05) is 37.3 Å². The molecule has 0 aliphatic heterocycles. The van der Waals surface area contributed by atoms with Crippen molar-refractivity contribution in [3.63, 3.8) is 0 Å². The minimum absolute atomic E-state index is 0.594. The van der Waals surface area contributed by atoms with Gasteiger partial charge < -0.3 is 0 Å². The van der Waals surface area contributed by atoms with Crippen LogP contribution >= 0.6 is 0 Å².